The summed E-state index contributed by atoms with van der Waals surface area (Å²) in [6.07, 6.45) is 5.27. The molecule has 9 rings (SSSR count). The van der Waals surface area contributed by atoms with E-state index in [4.69, 9.17) is 4.74 Å². The Morgan fingerprint density at radius 1 is 0.629 bits per heavy atom. The van der Waals surface area contributed by atoms with Crippen LogP contribution in [0.5, 0.6) is 5.75 Å². The van der Waals surface area contributed by atoms with Crippen LogP contribution < -0.4 is 31.3 Å². The lowest BCUT2D eigenvalue weighted by molar-refractivity contribution is -0.142. The lowest BCUT2D eigenvalue weighted by atomic mass is 9.98. The highest BCUT2D eigenvalue weighted by atomic mass is 16.5. The maximum Gasteiger partial charge on any atom is 0.326 e. The number of aliphatic carboxylic acids is 1. The van der Waals surface area contributed by atoms with Gasteiger partial charge in [0.15, 0.2) is 6.61 Å². The smallest absolute Gasteiger partial charge is 0.326 e. The third-order valence-electron chi connectivity index (χ3n) is 12.3. The number of pyridine rings is 1. The Balaban J connectivity index is 1.14. The zero-order chi connectivity index (χ0) is 48.8. The van der Waals surface area contributed by atoms with Gasteiger partial charge in [-0.2, -0.15) is 0 Å². The van der Waals surface area contributed by atoms with Gasteiger partial charge in [-0.15, -0.1) is 0 Å². The third kappa shape index (κ3) is 12.9. The second-order valence-electron chi connectivity index (χ2n) is 17.3. The van der Waals surface area contributed by atoms with Gasteiger partial charge in [-0.25, -0.2) is 4.79 Å². The Morgan fingerprint density at radius 3 is 1.90 bits per heavy atom. The van der Waals surface area contributed by atoms with Crippen LogP contribution >= 0.6 is 0 Å². The number of nitrogens with one attached hydrogen (secondary N) is 6. The summed E-state index contributed by atoms with van der Waals surface area (Å²) in [5.74, 6) is -4.38. The number of carbonyl (C=O) groups excluding carboxylic acids is 5. The van der Waals surface area contributed by atoms with Crippen LogP contribution in [0.15, 0.2) is 164 Å². The Bertz CT molecular complexity index is 2910. The molecule has 2 aromatic heterocycles. The highest BCUT2D eigenvalue weighted by Gasteiger charge is 2.34. The molecule has 356 valence electrons. The van der Waals surface area contributed by atoms with Crippen LogP contribution in [0.2, 0.25) is 0 Å². The van der Waals surface area contributed by atoms with Crippen molar-refractivity contribution in [3.8, 4) is 16.9 Å². The summed E-state index contributed by atoms with van der Waals surface area (Å²) in [4.78, 5) is 91.9. The quantitative estimate of drug-likeness (QED) is 0.0770. The molecule has 7 N–H and O–H groups in total. The first kappa shape index (κ1) is 47.9. The summed E-state index contributed by atoms with van der Waals surface area (Å²) in [5, 5.41) is 25.1. The van der Waals surface area contributed by atoms with E-state index in [0.717, 1.165) is 27.6 Å². The van der Waals surface area contributed by atoms with E-state index in [1.54, 1.807) is 55.0 Å². The molecule has 70 heavy (non-hydrogen) atoms. The summed E-state index contributed by atoms with van der Waals surface area (Å²) in [6, 6.07) is 37.7. The number of carboxylic acid groups (broad SMARTS) is 1. The van der Waals surface area contributed by atoms with Gasteiger partial charge in [0.25, 0.3) is 5.91 Å². The van der Waals surface area contributed by atoms with Crippen molar-refractivity contribution in [1.82, 2.24) is 36.6 Å². The zero-order valence-electron chi connectivity index (χ0n) is 38.2. The van der Waals surface area contributed by atoms with Gasteiger partial charge in [0.05, 0.1) is 0 Å². The number of aromatic amines is 1. The monoisotopic (exact) mass is 939 g/mol. The van der Waals surface area contributed by atoms with E-state index in [0.29, 0.717) is 34.4 Å². The number of ether oxygens (including phenoxy) is 1. The molecule has 0 unspecified atom stereocenters. The highest BCUT2D eigenvalue weighted by molar-refractivity contribution is 5.97. The van der Waals surface area contributed by atoms with Crippen molar-refractivity contribution in [3.63, 3.8) is 0 Å². The van der Waals surface area contributed by atoms with Crippen molar-refractivity contribution >= 4 is 46.4 Å². The van der Waals surface area contributed by atoms with Crippen molar-refractivity contribution in [2.75, 3.05) is 6.61 Å². The molecule has 2 bridgehead atoms. The largest absolute Gasteiger partial charge is 0.484 e. The molecule has 7 aromatic rings. The molecule has 2 aliphatic heterocycles. The van der Waals surface area contributed by atoms with Gasteiger partial charge in [-0.3, -0.25) is 29.0 Å². The standard InChI is InChI=1S/C55H53N7O8/c63-50-34-70-42-22-17-37(18-23-42)30-47(52(65)59-45(55(68)69)24-19-35-9-3-1-4-10-35)61-54(67)49(32-41-33-57-44-14-8-7-13-43(41)44)62-53(66)48(60-51(64)46(58-50)31-38-25-27-56-28-26-38)29-36-15-20-40(21-16-36)39-11-5-2-6-12-39/h1-18,20-23,25-28,33,45-49,57H,19,24,29-32,34H2,(H,58,63)(H,59,65)(H,60,64)(H,61,67)(H,62,66)(H,68,69)/t45-,46+,47-,48-,49+/m1/s1. The van der Waals surface area contributed by atoms with Gasteiger partial charge in [0.1, 0.15) is 36.0 Å². The average Bonchev–Trinajstić information content (AvgIpc) is 3.79. The van der Waals surface area contributed by atoms with Crippen LogP contribution in [0.25, 0.3) is 22.0 Å². The van der Waals surface area contributed by atoms with Crippen molar-refractivity contribution in [2.45, 2.75) is 68.7 Å². The molecule has 5 amide bonds. The third-order valence-corrected chi connectivity index (χ3v) is 12.3. The van der Waals surface area contributed by atoms with E-state index in [1.807, 2.05) is 109 Å². The number of aryl methyl sites for hydroxylation is 1. The zero-order valence-corrected chi connectivity index (χ0v) is 38.2. The number of hydrogen-bond acceptors (Lipinski definition) is 8. The fourth-order valence-electron chi connectivity index (χ4n) is 8.46. The molecular formula is C55H53N7O8. The number of carboxylic acids is 1. The first-order valence-corrected chi connectivity index (χ1v) is 23.1. The second kappa shape index (κ2) is 22.9. The Kier molecular flexibility index (Phi) is 15.7. The molecule has 0 saturated carbocycles. The topological polar surface area (TPSA) is 221 Å². The maximum absolute atomic E-state index is 14.9. The van der Waals surface area contributed by atoms with Crippen LogP contribution in [0.3, 0.4) is 0 Å². The number of rotatable bonds is 13. The van der Waals surface area contributed by atoms with Crippen LogP contribution in [0, 0.1) is 0 Å². The number of benzene rings is 5. The molecule has 15 heteroatoms. The summed E-state index contributed by atoms with van der Waals surface area (Å²) in [7, 11) is 0. The molecule has 4 heterocycles. The van der Waals surface area contributed by atoms with Crippen LogP contribution in [-0.2, 0) is 60.9 Å². The number of fused-ring (bicyclic) bond motifs is 17. The van der Waals surface area contributed by atoms with Gasteiger partial charge in [-0.1, -0.05) is 115 Å². The van der Waals surface area contributed by atoms with E-state index in [9.17, 15) is 33.9 Å². The minimum absolute atomic E-state index is 0.00826. The number of para-hydroxylation sites is 1. The fraction of sp³-hybridized carbons (Fsp3) is 0.218. The molecule has 5 aromatic carbocycles. The summed E-state index contributed by atoms with van der Waals surface area (Å²) in [6.45, 7) is -0.451. The predicted octanol–water partition coefficient (Wildman–Crippen LogP) is 5.03. The normalized spacial score (nSPS) is 18.4. The van der Waals surface area contributed by atoms with E-state index < -0.39 is 72.3 Å². The lowest BCUT2D eigenvalue weighted by Crippen LogP contribution is -2.60. The second-order valence-corrected chi connectivity index (χ2v) is 17.3. The minimum Gasteiger partial charge on any atom is -0.484 e. The number of aromatic nitrogens is 2. The average molecular weight is 940 g/mol. The molecule has 0 radical (unpaired) electrons. The summed E-state index contributed by atoms with van der Waals surface area (Å²) >= 11 is 0. The summed E-state index contributed by atoms with van der Waals surface area (Å²) < 4.78 is 5.82. The number of amides is 5. The number of nitrogens with zero attached hydrogens (tertiary/aromatic N) is 1. The lowest BCUT2D eigenvalue weighted by Gasteiger charge is -2.27. The first-order chi connectivity index (χ1) is 34.0. The van der Waals surface area contributed by atoms with E-state index >= 15 is 0 Å². The Hall–Kier alpha value is -8.59. The highest BCUT2D eigenvalue weighted by Crippen LogP contribution is 2.22. The molecule has 15 nitrogen and oxygen atoms in total. The fourth-order valence-corrected chi connectivity index (χ4v) is 8.46. The molecule has 2 aliphatic rings. The van der Waals surface area contributed by atoms with Crippen LogP contribution in [0.4, 0.5) is 0 Å². The van der Waals surface area contributed by atoms with Gasteiger partial charge in [0, 0.05) is 55.2 Å². The number of hydrogen-bond donors (Lipinski definition) is 7. The van der Waals surface area contributed by atoms with Gasteiger partial charge in [0.2, 0.25) is 23.6 Å². The molecule has 5 atom stereocenters. The SMILES string of the molecule is O=C1COc2ccc(cc2)C[C@H](C(=O)N[C@H](CCc2ccccc2)C(=O)O)NC(=O)[C@H](Cc2c[nH]c3ccccc23)NC(=O)[C@@H](Cc2ccc(-c3ccccc3)cc2)NC(=O)[C@H](Cc2ccncc2)N1. The van der Waals surface area contributed by atoms with E-state index in [-0.39, 0.29) is 32.1 Å². The van der Waals surface area contributed by atoms with Crippen molar-refractivity contribution < 1.29 is 38.6 Å². The Labute approximate surface area is 404 Å². The number of H-pyrrole nitrogens is 1. The molecule has 0 spiro atoms. The van der Waals surface area contributed by atoms with Crippen molar-refractivity contribution in [3.05, 3.63) is 192 Å². The molecule has 0 fully saturated rings. The van der Waals surface area contributed by atoms with E-state index in [2.05, 4.69) is 36.6 Å². The first-order valence-electron chi connectivity index (χ1n) is 23.1. The van der Waals surface area contributed by atoms with Gasteiger partial charge in [-0.05, 0) is 82.1 Å². The summed E-state index contributed by atoms with van der Waals surface area (Å²) in [5.41, 5.74) is 6.28. The molecular weight excluding hydrogens is 887 g/mol. The van der Waals surface area contributed by atoms with Crippen molar-refractivity contribution in [1.29, 1.82) is 0 Å². The van der Waals surface area contributed by atoms with Crippen molar-refractivity contribution in [2.24, 2.45) is 0 Å². The molecule has 0 saturated heterocycles. The minimum atomic E-state index is -1.32. The maximum atomic E-state index is 14.9. The van der Waals surface area contributed by atoms with Gasteiger partial charge < -0.3 is 41.4 Å². The Morgan fingerprint density at radius 2 is 1.21 bits per heavy atom. The predicted molar refractivity (Wildman–Crippen MR) is 263 cm³/mol. The van der Waals surface area contributed by atoms with E-state index in [1.165, 1.54) is 0 Å². The van der Waals surface area contributed by atoms with Crippen LogP contribution in [0.1, 0.15) is 34.2 Å². The van der Waals surface area contributed by atoms with Crippen LogP contribution in [-0.4, -0.2) is 87.4 Å². The molecule has 0 aliphatic carbocycles. The number of carbonyl (C=O) groups is 6. The van der Waals surface area contributed by atoms with Gasteiger partial charge >= 0.3 is 5.97 Å².